The third kappa shape index (κ3) is 5.90. The molecule has 0 spiro atoms. The number of hydrogen-bond donors (Lipinski definition) is 1. The fourth-order valence-electron chi connectivity index (χ4n) is 5.47. The van der Waals surface area contributed by atoms with Gasteiger partial charge in [0.25, 0.3) is 0 Å². The summed E-state index contributed by atoms with van der Waals surface area (Å²) in [5.74, 6) is -0.344. The number of nitrogens with zero attached hydrogens (tertiary/aromatic N) is 4. The molecule has 1 N–H and O–H groups in total. The number of benzene rings is 2. The average Bonchev–Trinajstić information content (AvgIpc) is 3.46. The molecule has 0 radical (unpaired) electrons. The van der Waals surface area contributed by atoms with Crippen LogP contribution in [-0.2, 0) is 16.8 Å². The van der Waals surface area contributed by atoms with Crippen molar-refractivity contribution in [2.45, 2.75) is 75.4 Å². The summed E-state index contributed by atoms with van der Waals surface area (Å²) >= 11 is 0. The van der Waals surface area contributed by atoms with Gasteiger partial charge in [0, 0.05) is 35.5 Å². The number of aliphatic hydroxyl groups is 1. The normalized spacial score (nSPS) is 21.9. The summed E-state index contributed by atoms with van der Waals surface area (Å²) in [5, 5.41) is 18.1. The lowest BCUT2D eigenvalue weighted by Gasteiger charge is -2.39. The van der Waals surface area contributed by atoms with E-state index in [9.17, 15) is 9.90 Å². The van der Waals surface area contributed by atoms with E-state index in [4.69, 9.17) is 0 Å². The molecule has 4 rings (SSSR count). The molecule has 0 amide bonds. The van der Waals surface area contributed by atoms with Crippen LogP contribution in [0, 0.1) is 5.82 Å². The molecule has 192 valence electrons. The van der Waals surface area contributed by atoms with E-state index in [1.165, 1.54) is 0 Å². The van der Waals surface area contributed by atoms with Crippen LogP contribution in [0.3, 0.4) is 0 Å². The molecule has 2 aromatic carbocycles. The van der Waals surface area contributed by atoms with E-state index >= 15 is 4.39 Å². The zero-order valence-corrected chi connectivity index (χ0v) is 21.3. The first kappa shape index (κ1) is 26.2. The highest BCUT2D eigenvalue weighted by Crippen LogP contribution is 2.43. The first-order valence-corrected chi connectivity index (χ1v) is 12.9. The Balaban J connectivity index is 1.36. The van der Waals surface area contributed by atoms with Gasteiger partial charge in [-0.15, -0.1) is 10.2 Å². The molecule has 7 heteroatoms. The monoisotopic (exact) mass is 492 g/mol. The highest BCUT2D eigenvalue weighted by Gasteiger charge is 2.37. The third-order valence-electron chi connectivity index (χ3n) is 8.20. The van der Waals surface area contributed by atoms with Crippen molar-refractivity contribution in [3.63, 3.8) is 0 Å². The van der Waals surface area contributed by atoms with Crippen LogP contribution in [0.4, 0.5) is 4.39 Å². The first-order chi connectivity index (χ1) is 17.5. The maximum absolute atomic E-state index is 15.2. The summed E-state index contributed by atoms with van der Waals surface area (Å²) < 4.78 is 17.3. The number of carbonyl (C=O) groups is 1. The van der Waals surface area contributed by atoms with Crippen molar-refractivity contribution in [2.24, 2.45) is 0 Å². The number of rotatable bonds is 11. The summed E-state index contributed by atoms with van der Waals surface area (Å²) in [6.07, 6.45) is 9.48. The molecule has 0 saturated heterocycles. The molecule has 0 bridgehead atoms. The van der Waals surface area contributed by atoms with Crippen molar-refractivity contribution in [1.29, 1.82) is 0 Å². The van der Waals surface area contributed by atoms with Gasteiger partial charge < -0.3 is 14.5 Å². The second kappa shape index (κ2) is 11.9. The Labute approximate surface area is 213 Å². The van der Waals surface area contributed by atoms with Gasteiger partial charge in [0.1, 0.15) is 24.8 Å². The van der Waals surface area contributed by atoms with Gasteiger partial charge in [0.05, 0.1) is 6.61 Å². The minimum atomic E-state index is -0.412. The van der Waals surface area contributed by atoms with Crippen LogP contribution >= 0.6 is 0 Å². The Morgan fingerprint density at radius 3 is 2.44 bits per heavy atom. The fourth-order valence-corrected chi connectivity index (χ4v) is 5.47. The van der Waals surface area contributed by atoms with Crippen molar-refractivity contribution < 1.29 is 14.3 Å². The molecule has 0 aliphatic heterocycles. The quantitative estimate of drug-likeness (QED) is 0.380. The SMILES string of the molecule is C[C@@H](CCC(C=O)c1ccccc1)N(C)Cc1ccc(C2(CO)CCC(n3cnnc3)CC2)cc1F. The van der Waals surface area contributed by atoms with E-state index in [1.807, 2.05) is 54.1 Å². The number of carbonyl (C=O) groups excluding carboxylic acids is 1. The van der Waals surface area contributed by atoms with Gasteiger partial charge in [0.2, 0.25) is 0 Å². The molecular weight excluding hydrogens is 455 g/mol. The Hall–Kier alpha value is -2.90. The Morgan fingerprint density at radius 1 is 1.14 bits per heavy atom. The van der Waals surface area contributed by atoms with Crippen molar-refractivity contribution in [3.8, 4) is 0 Å². The van der Waals surface area contributed by atoms with Gasteiger partial charge in [0.15, 0.2) is 0 Å². The second-order valence-corrected chi connectivity index (χ2v) is 10.4. The predicted molar refractivity (Wildman–Crippen MR) is 138 cm³/mol. The second-order valence-electron chi connectivity index (χ2n) is 10.4. The van der Waals surface area contributed by atoms with Crippen molar-refractivity contribution in [1.82, 2.24) is 19.7 Å². The fraction of sp³-hybridized carbons (Fsp3) is 0.483. The topological polar surface area (TPSA) is 71.2 Å². The minimum absolute atomic E-state index is 0.0108. The van der Waals surface area contributed by atoms with Gasteiger partial charge in [-0.05, 0) is 69.7 Å². The standard InChI is InChI=1S/C29H37FN4O2/c1-22(8-9-25(18-35)23-6-4-3-5-7-23)33(2)17-24-10-11-26(16-28(24)30)29(19-36)14-12-27(13-15-29)34-20-31-32-21-34/h3-7,10-11,16,18,20-22,25,27,36H,8-9,12-15,17,19H2,1-2H3/t22-,25?,27?,29?/m0/s1. The van der Waals surface area contributed by atoms with E-state index in [0.29, 0.717) is 18.2 Å². The summed E-state index contributed by atoms with van der Waals surface area (Å²) in [6.45, 7) is 2.62. The predicted octanol–water partition coefficient (Wildman–Crippen LogP) is 5.05. The molecule has 3 aromatic rings. The Bertz CT molecular complexity index is 1100. The molecule has 1 fully saturated rings. The Kier molecular flexibility index (Phi) is 8.64. The molecule has 6 nitrogen and oxygen atoms in total. The first-order valence-electron chi connectivity index (χ1n) is 12.9. The van der Waals surface area contributed by atoms with E-state index < -0.39 is 5.41 Å². The Morgan fingerprint density at radius 2 is 1.83 bits per heavy atom. The lowest BCUT2D eigenvalue weighted by Crippen LogP contribution is -2.36. The van der Waals surface area contributed by atoms with Crippen LogP contribution in [-0.4, -0.2) is 50.8 Å². The molecule has 36 heavy (non-hydrogen) atoms. The summed E-state index contributed by atoms with van der Waals surface area (Å²) in [6, 6.07) is 15.9. The van der Waals surface area contributed by atoms with Gasteiger partial charge in [-0.25, -0.2) is 4.39 Å². The maximum atomic E-state index is 15.2. The van der Waals surface area contributed by atoms with Crippen molar-refractivity contribution in [2.75, 3.05) is 13.7 Å². The summed E-state index contributed by atoms with van der Waals surface area (Å²) in [7, 11) is 2.00. The lowest BCUT2D eigenvalue weighted by molar-refractivity contribution is -0.109. The van der Waals surface area contributed by atoms with Gasteiger partial charge in [-0.2, -0.15) is 0 Å². The van der Waals surface area contributed by atoms with E-state index in [0.717, 1.165) is 55.9 Å². The number of aliphatic hydroxyl groups excluding tert-OH is 1. The highest BCUT2D eigenvalue weighted by atomic mass is 19.1. The minimum Gasteiger partial charge on any atom is -0.395 e. The summed E-state index contributed by atoms with van der Waals surface area (Å²) in [5.41, 5.74) is 2.15. The van der Waals surface area contributed by atoms with Gasteiger partial charge in [-0.1, -0.05) is 42.5 Å². The molecule has 1 saturated carbocycles. The highest BCUT2D eigenvalue weighted by molar-refractivity contribution is 5.61. The number of halogens is 1. The smallest absolute Gasteiger partial charge is 0.127 e. The van der Waals surface area contributed by atoms with Crippen molar-refractivity contribution >= 4 is 6.29 Å². The molecule has 1 aliphatic carbocycles. The number of aldehydes is 1. The number of hydrogen-bond acceptors (Lipinski definition) is 5. The average molecular weight is 493 g/mol. The maximum Gasteiger partial charge on any atom is 0.127 e. The van der Waals surface area contributed by atoms with E-state index in [2.05, 4.69) is 22.0 Å². The largest absolute Gasteiger partial charge is 0.395 e. The molecule has 2 atom stereocenters. The molecule has 1 aliphatic rings. The van der Waals surface area contributed by atoms with Crippen molar-refractivity contribution in [3.05, 3.63) is 83.7 Å². The van der Waals surface area contributed by atoms with Crippen LogP contribution in [0.1, 0.15) is 74.1 Å². The van der Waals surface area contributed by atoms with Crippen LogP contribution in [0.5, 0.6) is 0 Å². The van der Waals surface area contributed by atoms with E-state index in [-0.39, 0.29) is 24.4 Å². The molecule has 1 heterocycles. The third-order valence-corrected chi connectivity index (χ3v) is 8.20. The van der Waals surface area contributed by atoms with E-state index in [1.54, 1.807) is 18.7 Å². The van der Waals surface area contributed by atoms with Crippen LogP contribution in [0.25, 0.3) is 0 Å². The molecule has 1 aromatic heterocycles. The van der Waals surface area contributed by atoms with Crippen LogP contribution in [0.2, 0.25) is 0 Å². The van der Waals surface area contributed by atoms with Crippen LogP contribution < -0.4 is 0 Å². The van der Waals surface area contributed by atoms with Crippen LogP contribution in [0.15, 0.2) is 61.2 Å². The van der Waals surface area contributed by atoms with Gasteiger partial charge >= 0.3 is 0 Å². The zero-order chi connectivity index (χ0) is 25.5. The molecule has 1 unspecified atom stereocenters. The lowest BCUT2D eigenvalue weighted by atomic mass is 9.68. The zero-order valence-electron chi connectivity index (χ0n) is 21.3. The van der Waals surface area contributed by atoms with Gasteiger partial charge in [-0.3, -0.25) is 4.90 Å². The summed E-state index contributed by atoms with van der Waals surface area (Å²) in [4.78, 5) is 13.8. The molecular formula is C29H37FN4O2. The number of aromatic nitrogens is 3.